The lowest BCUT2D eigenvalue weighted by Gasteiger charge is -2.26. The highest BCUT2D eigenvalue weighted by molar-refractivity contribution is 5.85. The molecule has 0 aliphatic carbocycles. The monoisotopic (exact) mass is 427 g/mol. The van der Waals surface area contributed by atoms with Crippen LogP contribution in [0.5, 0.6) is 0 Å². The summed E-state index contributed by atoms with van der Waals surface area (Å²) in [5.41, 5.74) is 1.57. The third-order valence-electron chi connectivity index (χ3n) is 5.16. The number of carbonyl (C=O) groups excluding carboxylic acids is 2. The summed E-state index contributed by atoms with van der Waals surface area (Å²) in [4.78, 5) is 33.3. The average molecular weight is 428 g/mol. The van der Waals surface area contributed by atoms with Gasteiger partial charge in [0.05, 0.1) is 19.3 Å². The Morgan fingerprint density at radius 1 is 1.23 bits per heavy atom. The van der Waals surface area contributed by atoms with Crippen LogP contribution in [0.3, 0.4) is 0 Å². The molecule has 1 unspecified atom stereocenters. The molecule has 1 fully saturated rings. The highest BCUT2D eigenvalue weighted by Crippen LogP contribution is 2.15. The predicted molar refractivity (Wildman–Crippen MR) is 116 cm³/mol. The summed E-state index contributed by atoms with van der Waals surface area (Å²) in [7, 11) is 0. The summed E-state index contributed by atoms with van der Waals surface area (Å²) in [6, 6.07) is 11.9. The lowest BCUT2D eigenvalue weighted by molar-refractivity contribution is -0.139. The molecule has 0 radical (unpaired) electrons. The highest BCUT2D eigenvalue weighted by Gasteiger charge is 2.31. The molecule has 1 atom stereocenters. The minimum absolute atomic E-state index is 0.0492. The fourth-order valence-electron chi connectivity index (χ4n) is 3.67. The zero-order valence-corrected chi connectivity index (χ0v) is 18.2. The Bertz CT molecular complexity index is 875. The van der Waals surface area contributed by atoms with Gasteiger partial charge in [0.1, 0.15) is 5.82 Å². The number of pyridine rings is 1. The standard InChI is InChI=1S/C24H30FN3O3/c1-18(2)13-27-14-22(31-17-19-6-5-7-20(25)12-19)15-28(16-24(27)30)23(29)10-9-21-8-3-4-11-26-21/h3-8,11-12,18,22H,9-10,13-17H2,1-2H3. The zero-order chi connectivity index (χ0) is 22.2. The number of carbonyl (C=O) groups is 2. The number of aromatic nitrogens is 1. The Balaban J connectivity index is 1.67. The molecule has 31 heavy (non-hydrogen) atoms. The number of amides is 2. The fraction of sp³-hybridized carbons (Fsp3) is 0.458. The predicted octanol–water partition coefficient (Wildman–Crippen LogP) is 3.07. The van der Waals surface area contributed by atoms with Crippen LogP contribution in [-0.2, 0) is 27.4 Å². The maximum Gasteiger partial charge on any atom is 0.242 e. The Labute approximate surface area is 183 Å². The Kier molecular flexibility index (Phi) is 8.12. The molecule has 3 rings (SSSR count). The summed E-state index contributed by atoms with van der Waals surface area (Å²) in [6.07, 6.45) is 2.17. The fourth-order valence-corrected chi connectivity index (χ4v) is 3.67. The smallest absolute Gasteiger partial charge is 0.242 e. The molecule has 2 aromatic rings. The molecule has 0 spiro atoms. The first-order valence-electron chi connectivity index (χ1n) is 10.7. The molecule has 0 bridgehead atoms. The van der Waals surface area contributed by atoms with Gasteiger partial charge in [-0.25, -0.2) is 4.39 Å². The van der Waals surface area contributed by atoms with E-state index < -0.39 is 0 Å². The van der Waals surface area contributed by atoms with Gasteiger partial charge >= 0.3 is 0 Å². The first kappa shape index (κ1) is 22.9. The topological polar surface area (TPSA) is 62.7 Å². The van der Waals surface area contributed by atoms with Crippen molar-refractivity contribution in [3.63, 3.8) is 0 Å². The van der Waals surface area contributed by atoms with E-state index in [9.17, 15) is 14.0 Å². The molecule has 0 N–H and O–H groups in total. The van der Waals surface area contributed by atoms with Crippen LogP contribution in [0.2, 0.25) is 0 Å². The van der Waals surface area contributed by atoms with Crippen LogP contribution in [0, 0.1) is 11.7 Å². The van der Waals surface area contributed by atoms with Crippen LogP contribution < -0.4 is 0 Å². The lowest BCUT2D eigenvalue weighted by Crippen LogP contribution is -2.40. The van der Waals surface area contributed by atoms with Gasteiger partial charge in [-0.05, 0) is 42.2 Å². The molecule has 1 aliphatic rings. The second kappa shape index (κ2) is 11.0. The molecule has 1 aromatic carbocycles. The van der Waals surface area contributed by atoms with Crippen molar-refractivity contribution in [1.29, 1.82) is 0 Å². The van der Waals surface area contributed by atoms with Gasteiger partial charge in [-0.2, -0.15) is 0 Å². The van der Waals surface area contributed by atoms with E-state index in [0.717, 1.165) is 11.3 Å². The number of halogens is 1. The number of rotatable bonds is 8. The Morgan fingerprint density at radius 3 is 2.77 bits per heavy atom. The number of aryl methyl sites for hydroxylation is 1. The molecular weight excluding hydrogens is 397 g/mol. The maximum atomic E-state index is 13.5. The van der Waals surface area contributed by atoms with E-state index in [2.05, 4.69) is 18.8 Å². The van der Waals surface area contributed by atoms with Crippen molar-refractivity contribution < 1.29 is 18.7 Å². The first-order chi connectivity index (χ1) is 14.9. The average Bonchev–Trinajstić information content (AvgIpc) is 2.90. The quantitative estimate of drug-likeness (QED) is 0.650. The van der Waals surface area contributed by atoms with E-state index in [4.69, 9.17) is 4.74 Å². The summed E-state index contributed by atoms with van der Waals surface area (Å²) >= 11 is 0. The SMILES string of the molecule is CC(C)CN1CC(OCc2cccc(F)c2)CN(C(=O)CCc2ccccn2)CC1=O. The molecule has 166 valence electrons. The van der Waals surface area contributed by atoms with E-state index in [1.54, 1.807) is 28.1 Å². The summed E-state index contributed by atoms with van der Waals surface area (Å²) in [5, 5.41) is 0. The Hall–Kier alpha value is -2.80. The van der Waals surface area contributed by atoms with Crippen LogP contribution in [-0.4, -0.2) is 58.9 Å². The second-order valence-electron chi connectivity index (χ2n) is 8.35. The molecule has 0 saturated carbocycles. The summed E-state index contributed by atoms with van der Waals surface area (Å²) in [5.74, 6) is -0.175. The van der Waals surface area contributed by atoms with Crippen molar-refractivity contribution in [2.24, 2.45) is 5.92 Å². The molecule has 1 aromatic heterocycles. The van der Waals surface area contributed by atoms with Crippen LogP contribution in [0.15, 0.2) is 48.7 Å². The van der Waals surface area contributed by atoms with Gasteiger partial charge in [0, 0.05) is 37.9 Å². The van der Waals surface area contributed by atoms with Crippen molar-refractivity contribution in [2.45, 2.75) is 39.4 Å². The maximum absolute atomic E-state index is 13.5. The van der Waals surface area contributed by atoms with Crippen molar-refractivity contribution in [3.8, 4) is 0 Å². The largest absolute Gasteiger partial charge is 0.370 e. The number of hydrogen-bond acceptors (Lipinski definition) is 4. The normalized spacial score (nSPS) is 17.2. The van der Waals surface area contributed by atoms with E-state index in [0.29, 0.717) is 32.0 Å². The zero-order valence-electron chi connectivity index (χ0n) is 18.2. The van der Waals surface area contributed by atoms with Gasteiger partial charge in [-0.1, -0.05) is 32.0 Å². The van der Waals surface area contributed by atoms with Crippen molar-refractivity contribution >= 4 is 11.8 Å². The van der Waals surface area contributed by atoms with E-state index in [-0.39, 0.29) is 43.3 Å². The first-order valence-corrected chi connectivity index (χ1v) is 10.7. The van der Waals surface area contributed by atoms with Crippen LogP contribution >= 0.6 is 0 Å². The van der Waals surface area contributed by atoms with Gasteiger partial charge in [0.2, 0.25) is 11.8 Å². The molecule has 1 aliphatic heterocycles. The highest BCUT2D eigenvalue weighted by atomic mass is 19.1. The molecular formula is C24H30FN3O3. The molecule has 1 saturated heterocycles. The van der Waals surface area contributed by atoms with Gasteiger partial charge in [-0.3, -0.25) is 14.6 Å². The van der Waals surface area contributed by atoms with Gasteiger partial charge in [-0.15, -0.1) is 0 Å². The molecule has 2 heterocycles. The van der Waals surface area contributed by atoms with Gasteiger partial charge in [0.15, 0.2) is 0 Å². The minimum atomic E-state index is -0.340. The third-order valence-corrected chi connectivity index (χ3v) is 5.16. The van der Waals surface area contributed by atoms with Crippen molar-refractivity contribution in [1.82, 2.24) is 14.8 Å². The van der Waals surface area contributed by atoms with E-state index in [1.165, 1.54) is 12.1 Å². The minimum Gasteiger partial charge on any atom is -0.370 e. The Morgan fingerprint density at radius 2 is 2.06 bits per heavy atom. The molecule has 7 heteroatoms. The number of hydrogen-bond donors (Lipinski definition) is 0. The summed E-state index contributed by atoms with van der Waals surface area (Å²) in [6.45, 7) is 5.73. The van der Waals surface area contributed by atoms with Gasteiger partial charge < -0.3 is 14.5 Å². The van der Waals surface area contributed by atoms with Crippen LogP contribution in [0.4, 0.5) is 4.39 Å². The number of benzene rings is 1. The lowest BCUT2D eigenvalue weighted by atomic mass is 10.2. The van der Waals surface area contributed by atoms with Crippen molar-refractivity contribution in [3.05, 3.63) is 65.7 Å². The van der Waals surface area contributed by atoms with Crippen molar-refractivity contribution in [2.75, 3.05) is 26.2 Å². The van der Waals surface area contributed by atoms with E-state index >= 15 is 0 Å². The van der Waals surface area contributed by atoms with Crippen LogP contribution in [0.1, 0.15) is 31.5 Å². The van der Waals surface area contributed by atoms with Gasteiger partial charge in [0.25, 0.3) is 0 Å². The number of nitrogens with zero attached hydrogens (tertiary/aromatic N) is 3. The second-order valence-corrected chi connectivity index (χ2v) is 8.35. The van der Waals surface area contributed by atoms with E-state index in [1.807, 2.05) is 18.2 Å². The van der Waals surface area contributed by atoms with Crippen LogP contribution in [0.25, 0.3) is 0 Å². The number of ether oxygens (including phenoxy) is 1. The molecule has 2 amide bonds. The molecule has 6 nitrogen and oxygen atoms in total. The summed E-state index contributed by atoms with van der Waals surface area (Å²) < 4.78 is 19.5. The third kappa shape index (κ3) is 7.14.